The first-order chi connectivity index (χ1) is 9.06. The molecule has 1 aliphatic heterocycles. The van der Waals surface area contributed by atoms with Crippen molar-refractivity contribution in [3.05, 3.63) is 24.0 Å². The number of anilines is 1. The lowest BCUT2D eigenvalue weighted by Gasteiger charge is -2.32. The van der Waals surface area contributed by atoms with Gasteiger partial charge in [-0.2, -0.15) is 0 Å². The van der Waals surface area contributed by atoms with Gasteiger partial charge in [0.1, 0.15) is 18.2 Å². The molecule has 1 aromatic rings. The second-order valence-corrected chi connectivity index (χ2v) is 4.94. The summed E-state index contributed by atoms with van der Waals surface area (Å²) < 4.78 is 24.1. The fourth-order valence-corrected chi connectivity index (χ4v) is 2.05. The lowest BCUT2D eigenvalue weighted by atomic mass is 10.2. The highest BCUT2D eigenvalue weighted by atomic mass is 19.1. The van der Waals surface area contributed by atoms with E-state index in [-0.39, 0.29) is 18.5 Å². The lowest BCUT2D eigenvalue weighted by Crippen LogP contribution is -2.40. The number of rotatable bonds is 5. The van der Waals surface area contributed by atoms with E-state index in [4.69, 9.17) is 9.47 Å². The maximum atomic E-state index is 13.3. The summed E-state index contributed by atoms with van der Waals surface area (Å²) >= 11 is 0. The highest BCUT2D eigenvalue weighted by Crippen LogP contribution is 2.32. The molecule has 0 radical (unpaired) electrons. The van der Waals surface area contributed by atoms with Gasteiger partial charge in [-0.3, -0.25) is 0 Å². The summed E-state index contributed by atoms with van der Waals surface area (Å²) in [6, 6.07) is 4.43. The molecule has 1 heterocycles. The number of fused-ring (bicyclic) bond motifs is 1. The number of hydrogen-bond donors (Lipinski definition) is 1. The van der Waals surface area contributed by atoms with Crippen LogP contribution in [0.4, 0.5) is 10.1 Å². The van der Waals surface area contributed by atoms with E-state index in [9.17, 15) is 9.50 Å². The van der Waals surface area contributed by atoms with Crippen molar-refractivity contribution in [3.8, 4) is 5.75 Å². The summed E-state index contributed by atoms with van der Waals surface area (Å²) in [6.45, 7) is 5.70. The van der Waals surface area contributed by atoms with E-state index >= 15 is 0 Å². The Morgan fingerprint density at radius 2 is 2.26 bits per heavy atom. The number of aliphatic hydroxyl groups excluding tert-OH is 1. The van der Waals surface area contributed by atoms with Crippen molar-refractivity contribution in [3.63, 3.8) is 0 Å². The van der Waals surface area contributed by atoms with Crippen LogP contribution < -0.4 is 9.64 Å². The molecule has 1 atom stereocenters. The summed E-state index contributed by atoms with van der Waals surface area (Å²) in [6.07, 6.45) is -0.513. The predicted molar refractivity (Wildman–Crippen MR) is 71.2 cm³/mol. The van der Waals surface area contributed by atoms with Crippen molar-refractivity contribution >= 4 is 5.69 Å². The van der Waals surface area contributed by atoms with Gasteiger partial charge in [0, 0.05) is 12.6 Å². The average Bonchev–Trinajstić information content (AvgIpc) is 2.37. The van der Waals surface area contributed by atoms with Gasteiger partial charge in [-0.15, -0.1) is 0 Å². The molecule has 19 heavy (non-hydrogen) atoms. The molecule has 0 spiro atoms. The fraction of sp³-hybridized carbons (Fsp3) is 0.571. The molecule has 2 rings (SSSR count). The van der Waals surface area contributed by atoms with E-state index in [2.05, 4.69) is 0 Å². The molecular formula is C14H20FNO3. The first-order valence-electron chi connectivity index (χ1n) is 6.53. The van der Waals surface area contributed by atoms with Crippen LogP contribution in [0.2, 0.25) is 0 Å². The Balaban J connectivity index is 2.00. The van der Waals surface area contributed by atoms with Crippen LogP contribution in [-0.4, -0.2) is 43.6 Å². The Bertz CT molecular complexity index is 425. The second-order valence-electron chi connectivity index (χ2n) is 4.94. The normalized spacial score (nSPS) is 16.2. The van der Waals surface area contributed by atoms with Crippen molar-refractivity contribution in [1.82, 2.24) is 0 Å². The molecule has 0 aromatic heterocycles. The third-order valence-electron chi connectivity index (χ3n) is 2.93. The Morgan fingerprint density at radius 3 is 3.00 bits per heavy atom. The van der Waals surface area contributed by atoms with Gasteiger partial charge in [0.05, 0.1) is 31.0 Å². The van der Waals surface area contributed by atoms with Gasteiger partial charge in [-0.1, -0.05) is 0 Å². The van der Waals surface area contributed by atoms with E-state index in [1.165, 1.54) is 12.1 Å². The summed E-state index contributed by atoms with van der Waals surface area (Å²) in [7, 11) is 0. The molecule has 0 saturated heterocycles. The van der Waals surface area contributed by atoms with Crippen molar-refractivity contribution < 1.29 is 19.0 Å². The van der Waals surface area contributed by atoms with Crippen molar-refractivity contribution in [2.45, 2.75) is 26.1 Å². The van der Waals surface area contributed by atoms with Gasteiger partial charge >= 0.3 is 0 Å². The monoisotopic (exact) mass is 269 g/mol. The molecule has 1 unspecified atom stereocenters. The molecule has 1 aliphatic rings. The van der Waals surface area contributed by atoms with Crippen LogP contribution in [0.25, 0.3) is 0 Å². The molecular weight excluding hydrogens is 249 g/mol. The zero-order chi connectivity index (χ0) is 13.8. The third kappa shape index (κ3) is 3.81. The van der Waals surface area contributed by atoms with Gasteiger partial charge in [-0.25, -0.2) is 4.39 Å². The lowest BCUT2D eigenvalue weighted by molar-refractivity contribution is 0.00849. The molecule has 0 aliphatic carbocycles. The van der Waals surface area contributed by atoms with Gasteiger partial charge in [0.15, 0.2) is 0 Å². The van der Waals surface area contributed by atoms with E-state index in [0.717, 1.165) is 0 Å². The first kappa shape index (κ1) is 14.1. The topological polar surface area (TPSA) is 41.9 Å². The van der Waals surface area contributed by atoms with Crippen LogP contribution in [0.1, 0.15) is 13.8 Å². The molecule has 0 fully saturated rings. The smallest absolute Gasteiger partial charge is 0.142 e. The van der Waals surface area contributed by atoms with E-state index in [1.807, 2.05) is 18.7 Å². The van der Waals surface area contributed by atoms with Gasteiger partial charge < -0.3 is 19.5 Å². The first-order valence-corrected chi connectivity index (χ1v) is 6.53. The Hall–Kier alpha value is -1.33. The quantitative estimate of drug-likeness (QED) is 0.885. The van der Waals surface area contributed by atoms with E-state index in [0.29, 0.717) is 31.1 Å². The summed E-state index contributed by atoms with van der Waals surface area (Å²) in [5.74, 6) is 0.354. The standard InChI is InChI=1S/C14H20FNO3/c1-10(2)19-9-12(17)8-16-5-6-18-14-4-3-11(15)7-13(14)16/h3-4,7,10,12,17H,5-6,8-9H2,1-2H3. The van der Waals surface area contributed by atoms with Crippen LogP contribution in [0, 0.1) is 5.82 Å². The highest BCUT2D eigenvalue weighted by molar-refractivity contribution is 5.60. The van der Waals surface area contributed by atoms with E-state index < -0.39 is 6.10 Å². The number of nitrogens with zero attached hydrogens (tertiary/aromatic N) is 1. The van der Waals surface area contributed by atoms with Crippen molar-refractivity contribution in [2.24, 2.45) is 0 Å². The second kappa shape index (κ2) is 6.21. The third-order valence-corrected chi connectivity index (χ3v) is 2.93. The van der Waals surface area contributed by atoms with Crippen molar-refractivity contribution in [2.75, 3.05) is 31.2 Å². The fourth-order valence-electron chi connectivity index (χ4n) is 2.05. The molecule has 1 aromatic carbocycles. The summed E-state index contributed by atoms with van der Waals surface area (Å²) in [5.41, 5.74) is 0.690. The maximum Gasteiger partial charge on any atom is 0.142 e. The molecule has 106 valence electrons. The minimum atomic E-state index is -0.600. The maximum absolute atomic E-state index is 13.3. The zero-order valence-corrected chi connectivity index (χ0v) is 11.3. The molecule has 1 N–H and O–H groups in total. The number of benzene rings is 1. The van der Waals surface area contributed by atoms with E-state index in [1.54, 1.807) is 6.07 Å². The average molecular weight is 269 g/mol. The highest BCUT2D eigenvalue weighted by Gasteiger charge is 2.21. The molecule has 4 nitrogen and oxygen atoms in total. The minimum Gasteiger partial charge on any atom is -0.490 e. The Morgan fingerprint density at radius 1 is 1.47 bits per heavy atom. The van der Waals surface area contributed by atoms with Gasteiger partial charge in [-0.05, 0) is 26.0 Å². The van der Waals surface area contributed by atoms with Gasteiger partial charge in [0.25, 0.3) is 0 Å². The molecule has 0 amide bonds. The van der Waals surface area contributed by atoms with Crippen LogP contribution in [0.3, 0.4) is 0 Å². The minimum absolute atomic E-state index is 0.0871. The van der Waals surface area contributed by atoms with Gasteiger partial charge in [0.2, 0.25) is 0 Å². The van der Waals surface area contributed by atoms with Crippen LogP contribution in [0.15, 0.2) is 18.2 Å². The molecule has 0 bridgehead atoms. The van der Waals surface area contributed by atoms with Crippen LogP contribution in [0.5, 0.6) is 5.75 Å². The number of halogens is 1. The number of ether oxygens (including phenoxy) is 2. The van der Waals surface area contributed by atoms with Crippen LogP contribution in [-0.2, 0) is 4.74 Å². The predicted octanol–water partition coefficient (Wildman–Crippen LogP) is 1.81. The zero-order valence-electron chi connectivity index (χ0n) is 11.3. The molecule has 5 heteroatoms. The van der Waals surface area contributed by atoms with Crippen molar-refractivity contribution in [1.29, 1.82) is 0 Å². The number of aliphatic hydroxyl groups is 1. The largest absolute Gasteiger partial charge is 0.490 e. The summed E-state index contributed by atoms with van der Waals surface area (Å²) in [5, 5.41) is 9.94. The van der Waals surface area contributed by atoms with Crippen LogP contribution >= 0.6 is 0 Å². The Kier molecular flexibility index (Phi) is 4.61. The number of β-amino-alcohol motifs (C(OH)–C–C–N with tert-alkyl or cyclic N) is 1. The SMILES string of the molecule is CC(C)OCC(O)CN1CCOc2ccc(F)cc21. The Labute approximate surface area is 112 Å². The molecule has 0 saturated carbocycles. The number of hydrogen-bond acceptors (Lipinski definition) is 4. The summed E-state index contributed by atoms with van der Waals surface area (Å²) in [4.78, 5) is 1.93.